The normalized spacial score (nSPS) is 13.9. The highest BCUT2D eigenvalue weighted by Crippen LogP contribution is 2.16. The van der Waals surface area contributed by atoms with Gasteiger partial charge in [-0.25, -0.2) is 0 Å². The van der Waals surface area contributed by atoms with Crippen LogP contribution in [0.4, 0.5) is 0 Å². The maximum absolute atomic E-state index is 13.2. The number of carbonyl (C=O) groups excluding carboxylic acids is 2. The van der Waals surface area contributed by atoms with E-state index in [0.717, 1.165) is 89.9 Å². The summed E-state index contributed by atoms with van der Waals surface area (Å²) in [5.74, 6) is -0.540. The van der Waals surface area contributed by atoms with Gasteiger partial charge >= 0.3 is 5.97 Å². The summed E-state index contributed by atoms with van der Waals surface area (Å²) in [6.45, 7) is 6.31. The number of hydrogen-bond donors (Lipinski definition) is 3. The lowest BCUT2D eigenvalue weighted by atomic mass is 10.0. The maximum Gasteiger partial charge on any atom is 0.306 e. The first kappa shape index (κ1) is 57.3. The number of unbranched alkanes of at least 4 members (excludes halogenated alkanes) is 20. The number of hydrogen-bond acceptors (Lipinski definition) is 5. The van der Waals surface area contributed by atoms with Crippen LogP contribution in [0.15, 0.2) is 72.9 Å². The smallest absolute Gasteiger partial charge is 0.306 e. The number of carbonyl (C=O) groups is 2. The molecular formula is C54H95NO5. The van der Waals surface area contributed by atoms with Crippen molar-refractivity contribution in [2.24, 2.45) is 0 Å². The van der Waals surface area contributed by atoms with Crippen LogP contribution in [0.2, 0.25) is 0 Å². The van der Waals surface area contributed by atoms with Gasteiger partial charge in [-0.15, -0.1) is 0 Å². The molecule has 0 aliphatic carbocycles. The number of nitrogens with one attached hydrogen (secondary N) is 1. The lowest BCUT2D eigenvalue weighted by Crippen LogP contribution is -2.46. The summed E-state index contributed by atoms with van der Waals surface area (Å²) < 4.78 is 5.90. The van der Waals surface area contributed by atoms with Crippen LogP contribution in [0.5, 0.6) is 0 Å². The number of allylic oxidation sites excluding steroid dienone is 12. The van der Waals surface area contributed by atoms with Crippen molar-refractivity contribution in [3.63, 3.8) is 0 Å². The van der Waals surface area contributed by atoms with E-state index in [4.69, 9.17) is 4.74 Å². The summed E-state index contributed by atoms with van der Waals surface area (Å²) in [5.41, 5.74) is 0. The number of esters is 1. The van der Waals surface area contributed by atoms with Crippen molar-refractivity contribution in [2.75, 3.05) is 6.61 Å². The predicted octanol–water partition coefficient (Wildman–Crippen LogP) is 15.0. The second kappa shape index (κ2) is 47.4. The molecule has 1 amide bonds. The van der Waals surface area contributed by atoms with Gasteiger partial charge in [0.15, 0.2) is 0 Å². The molecule has 0 heterocycles. The topological polar surface area (TPSA) is 95.9 Å². The first-order chi connectivity index (χ1) is 29.5. The Labute approximate surface area is 371 Å². The third kappa shape index (κ3) is 42.0. The molecule has 0 spiro atoms. The van der Waals surface area contributed by atoms with Gasteiger partial charge in [-0.3, -0.25) is 9.59 Å². The molecule has 0 aliphatic heterocycles. The van der Waals surface area contributed by atoms with E-state index in [1.165, 1.54) is 96.3 Å². The first-order valence-electron chi connectivity index (χ1n) is 25.2. The van der Waals surface area contributed by atoms with Crippen molar-refractivity contribution in [3.05, 3.63) is 72.9 Å². The van der Waals surface area contributed by atoms with Crippen LogP contribution in [0.3, 0.4) is 0 Å². The van der Waals surface area contributed by atoms with Crippen LogP contribution >= 0.6 is 0 Å². The summed E-state index contributed by atoms with van der Waals surface area (Å²) in [5, 5.41) is 23.7. The predicted molar refractivity (Wildman–Crippen MR) is 259 cm³/mol. The van der Waals surface area contributed by atoms with Crippen LogP contribution in [0, 0.1) is 0 Å². The average molecular weight is 838 g/mol. The van der Waals surface area contributed by atoms with Crippen molar-refractivity contribution in [3.8, 4) is 0 Å². The monoisotopic (exact) mass is 838 g/mol. The molecule has 6 heteroatoms. The Bertz CT molecular complexity index is 1120. The molecule has 0 fully saturated rings. The van der Waals surface area contributed by atoms with Crippen LogP contribution in [-0.4, -0.2) is 46.9 Å². The molecule has 0 bridgehead atoms. The highest BCUT2D eigenvalue weighted by Gasteiger charge is 2.24. The van der Waals surface area contributed by atoms with E-state index >= 15 is 0 Å². The molecule has 0 saturated carbocycles. The number of ether oxygens (including phenoxy) is 1. The number of rotatable bonds is 44. The van der Waals surface area contributed by atoms with Gasteiger partial charge in [0, 0.05) is 6.42 Å². The van der Waals surface area contributed by atoms with Gasteiger partial charge in [-0.1, -0.05) is 203 Å². The molecule has 0 aromatic heterocycles. The first-order valence-corrected chi connectivity index (χ1v) is 25.2. The maximum atomic E-state index is 13.2. The minimum absolute atomic E-state index is 0.0342. The summed E-state index contributed by atoms with van der Waals surface area (Å²) in [6.07, 6.45) is 59.6. The van der Waals surface area contributed by atoms with Gasteiger partial charge in [-0.2, -0.15) is 0 Å². The molecule has 0 radical (unpaired) electrons. The Kier molecular flexibility index (Phi) is 45.2. The van der Waals surface area contributed by atoms with Gasteiger partial charge in [-0.05, 0) is 89.9 Å². The Morgan fingerprint density at radius 2 is 0.917 bits per heavy atom. The molecule has 0 aromatic carbocycles. The van der Waals surface area contributed by atoms with Crippen molar-refractivity contribution >= 4 is 11.9 Å². The fourth-order valence-electron chi connectivity index (χ4n) is 7.22. The zero-order valence-corrected chi connectivity index (χ0v) is 39.3. The van der Waals surface area contributed by atoms with E-state index in [1.54, 1.807) is 0 Å². The molecular weight excluding hydrogens is 743 g/mol. The molecule has 3 N–H and O–H groups in total. The Balaban J connectivity index is 4.72. The highest BCUT2D eigenvalue weighted by molar-refractivity contribution is 5.77. The van der Waals surface area contributed by atoms with Gasteiger partial charge in [0.2, 0.25) is 5.91 Å². The van der Waals surface area contributed by atoms with Gasteiger partial charge in [0.25, 0.3) is 0 Å². The third-order valence-electron chi connectivity index (χ3n) is 11.0. The lowest BCUT2D eigenvalue weighted by molar-refractivity contribution is -0.151. The third-order valence-corrected chi connectivity index (χ3v) is 11.0. The summed E-state index contributed by atoms with van der Waals surface area (Å²) in [4.78, 5) is 26.1. The quantitative estimate of drug-likeness (QED) is 0.0323. The highest BCUT2D eigenvalue weighted by atomic mass is 16.5. The van der Waals surface area contributed by atoms with Gasteiger partial charge in [0.05, 0.1) is 25.2 Å². The Morgan fingerprint density at radius 1 is 0.500 bits per heavy atom. The number of amides is 1. The standard InChI is InChI=1S/C54H95NO5/c1-4-7-10-13-16-19-22-24-26-27-28-29-31-33-36-39-42-45-50(60-54(59)47-44-41-38-35-32-30-25-23-20-17-14-11-8-5-2)48-53(58)55-51(49-56)52(57)46-43-40-37-34-21-18-15-12-9-6-3/h8,11,16-17,19-20,24,26,28-29,33,36,50-52,56-57H,4-7,9-10,12-15,18,21-23,25,27,30-32,34-35,37-49H2,1-3H3,(H,55,58)/b11-8+,19-16-,20-17+,26-24-,29-28-,36-33-. The van der Waals surface area contributed by atoms with Crippen molar-refractivity contribution in [1.29, 1.82) is 0 Å². The fraction of sp³-hybridized carbons (Fsp3) is 0.741. The van der Waals surface area contributed by atoms with Crippen LogP contribution < -0.4 is 5.32 Å². The SMILES string of the molecule is CC/C=C/C/C=C/CCCCCCCCCC(=O)OC(CCC/C=C\C/C=C\C/C=C\C/C=C\CCCCC)CC(=O)NC(CO)C(O)CCCCCCCCCCCC. The molecule has 3 unspecified atom stereocenters. The molecule has 3 atom stereocenters. The zero-order valence-electron chi connectivity index (χ0n) is 39.3. The largest absolute Gasteiger partial charge is 0.462 e. The second-order valence-corrected chi connectivity index (χ2v) is 16.8. The average Bonchev–Trinajstić information content (AvgIpc) is 3.24. The second-order valence-electron chi connectivity index (χ2n) is 16.8. The zero-order chi connectivity index (χ0) is 43.8. The molecule has 0 aliphatic rings. The van der Waals surface area contributed by atoms with E-state index in [-0.39, 0.29) is 24.9 Å². The van der Waals surface area contributed by atoms with Crippen LogP contribution in [0.25, 0.3) is 0 Å². The minimum Gasteiger partial charge on any atom is -0.462 e. The summed E-state index contributed by atoms with van der Waals surface area (Å²) in [6, 6.07) is -0.722. The van der Waals surface area contributed by atoms with Crippen molar-refractivity contribution in [2.45, 2.75) is 251 Å². The van der Waals surface area contributed by atoms with E-state index in [1.807, 2.05) is 0 Å². The summed E-state index contributed by atoms with van der Waals surface area (Å²) >= 11 is 0. The fourth-order valence-corrected chi connectivity index (χ4v) is 7.22. The van der Waals surface area contributed by atoms with E-state index in [9.17, 15) is 19.8 Å². The van der Waals surface area contributed by atoms with E-state index in [2.05, 4.69) is 99.0 Å². The molecule has 60 heavy (non-hydrogen) atoms. The Hall–Kier alpha value is -2.70. The Morgan fingerprint density at radius 3 is 1.43 bits per heavy atom. The molecule has 346 valence electrons. The lowest BCUT2D eigenvalue weighted by Gasteiger charge is -2.24. The number of aliphatic hydroxyl groups is 2. The number of aliphatic hydroxyl groups excluding tert-OH is 2. The van der Waals surface area contributed by atoms with Crippen LogP contribution in [0.1, 0.15) is 233 Å². The van der Waals surface area contributed by atoms with Crippen molar-refractivity contribution < 1.29 is 24.5 Å². The van der Waals surface area contributed by atoms with Gasteiger partial charge in [0.1, 0.15) is 6.10 Å². The summed E-state index contributed by atoms with van der Waals surface area (Å²) in [7, 11) is 0. The van der Waals surface area contributed by atoms with Gasteiger partial charge < -0.3 is 20.3 Å². The van der Waals surface area contributed by atoms with Crippen molar-refractivity contribution in [1.82, 2.24) is 5.32 Å². The minimum atomic E-state index is -0.804. The molecule has 0 rings (SSSR count). The molecule has 6 nitrogen and oxygen atoms in total. The van der Waals surface area contributed by atoms with E-state index < -0.39 is 18.2 Å². The van der Waals surface area contributed by atoms with E-state index in [0.29, 0.717) is 19.3 Å². The molecule has 0 aromatic rings. The molecule has 0 saturated heterocycles. The van der Waals surface area contributed by atoms with Crippen LogP contribution in [-0.2, 0) is 14.3 Å².